The van der Waals surface area contributed by atoms with Crippen LogP contribution in [0.2, 0.25) is 0 Å². The fourth-order valence-corrected chi connectivity index (χ4v) is 2.73. The van der Waals surface area contributed by atoms with Gasteiger partial charge in [0.05, 0.1) is 5.56 Å². The van der Waals surface area contributed by atoms with E-state index in [2.05, 4.69) is 59.6 Å². The van der Waals surface area contributed by atoms with Gasteiger partial charge < -0.3 is 4.90 Å². The molecule has 2 nitrogen and oxygen atoms in total. The number of hydrogen-bond acceptors (Lipinski definition) is 1. The molecule has 0 aliphatic rings. The largest absolute Gasteiger partial charge is 0.338 e. The molecule has 0 saturated heterocycles. The lowest BCUT2D eigenvalue weighted by atomic mass is 10.1. The van der Waals surface area contributed by atoms with Crippen LogP contribution in [0.1, 0.15) is 38.1 Å². The molecule has 0 N–H and O–H groups in total. The van der Waals surface area contributed by atoms with Crippen molar-refractivity contribution in [2.45, 2.75) is 27.7 Å². The van der Waals surface area contributed by atoms with Gasteiger partial charge in [-0.25, -0.2) is 0 Å². The molecule has 0 unspecified atom stereocenters. The van der Waals surface area contributed by atoms with Crippen LogP contribution < -0.4 is 0 Å². The van der Waals surface area contributed by atoms with E-state index in [0.717, 1.165) is 27.6 Å². The Morgan fingerprint density at radius 1 is 1.11 bits per heavy atom. The van der Waals surface area contributed by atoms with Crippen LogP contribution in [0.3, 0.4) is 0 Å². The molecular formula is C15H21Br2NO. The maximum Gasteiger partial charge on any atom is 0.255 e. The number of rotatable bonds is 5. The van der Waals surface area contributed by atoms with Crippen molar-refractivity contribution in [3.63, 3.8) is 0 Å². The highest BCUT2D eigenvalue weighted by molar-refractivity contribution is 9.11. The highest BCUT2D eigenvalue weighted by Crippen LogP contribution is 2.23. The van der Waals surface area contributed by atoms with Crippen molar-refractivity contribution in [1.82, 2.24) is 4.90 Å². The molecule has 0 aliphatic heterocycles. The van der Waals surface area contributed by atoms with Gasteiger partial charge in [0.1, 0.15) is 0 Å². The predicted octanol–water partition coefficient (Wildman–Crippen LogP) is 4.97. The van der Waals surface area contributed by atoms with Gasteiger partial charge in [-0.05, 0) is 46.0 Å². The molecule has 1 amide bonds. The first-order chi connectivity index (χ1) is 8.81. The summed E-state index contributed by atoms with van der Waals surface area (Å²) in [6.07, 6.45) is 0. The van der Waals surface area contributed by atoms with Crippen LogP contribution in [-0.4, -0.2) is 23.9 Å². The molecule has 1 aromatic carbocycles. The first-order valence-electron chi connectivity index (χ1n) is 6.55. The lowest BCUT2D eigenvalue weighted by molar-refractivity contribution is 0.0714. The number of amides is 1. The summed E-state index contributed by atoms with van der Waals surface area (Å²) in [5.41, 5.74) is 0.718. The van der Waals surface area contributed by atoms with Gasteiger partial charge in [0.2, 0.25) is 0 Å². The fourth-order valence-electron chi connectivity index (χ4n) is 1.95. The van der Waals surface area contributed by atoms with Crippen LogP contribution >= 0.6 is 31.9 Å². The Bertz CT molecular complexity index is 434. The number of carbonyl (C=O) groups is 1. The van der Waals surface area contributed by atoms with Crippen molar-refractivity contribution < 1.29 is 4.79 Å². The molecule has 0 heterocycles. The molecule has 0 aliphatic carbocycles. The third-order valence-electron chi connectivity index (χ3n) is 2.62. The van der Waals surface area contributed by atoms with Crippen LogP contribution in [-0.2, 0) is 0 Å². The summed E-state index contributed by atoms with van der Waals surface area (Å²) in [5, 5.41) is 0. The molecule has 0 saturated carbocycles. The average molecular weight is 391 g/mol. The Labute approximate surface area is 132 Å². The molecule has 0 atom stereocenters. The highest BCUT2D eigenvalue weighted by atomic mass is 79.9. The van der Waals surface area contributed by atoms with Crippen molar-refractivity contribution in [3.05, 3.63) is 32.7 Å². The molecule has 4 heteroatoms. The number of halogens is 2. The zero-order chi connectivity index (χ0) is 14.6. The molecule has 0 spiro atoms. The minimum absolute atomic E-state index is 0.0931. The maximum absolute atomic E-state index is 12.7. The van der Waals surface area contributed by atoms with Crippen molar-refractivity contribution in [2.75, 3.05) is 13.1 Å². The SMILES string of the molecule is CC(C)CN(CC(C)C)C(=O)c1cc(Br)ccc1Br. The van der Waals surface area contributed by atoms with E-state index >= 15 is 0 Å². The molecule has 0 radical (unpaired) electrons. The lowest BCUT2D eigenvalue weighted by Gasteiger charge is -2.27. The first-order valence-corrected chi connectivity index (χ1v) is 8.14. The zero-order valence-electron chi connectivity index (χ0n) is 11.9. The molecule has 1 aromatic rings. The van der Waals surface area contributed by atoms with Gasteiger partial charge in [-0.15, -0.1) is 0 Å². The number of benzene rings is 1. The van der Waals surface area contributed by atoms with E-state index in [1.165, 1.54) is 0 Å². The van der Waals surface area contributed by atoms with E-state index in [1.807, 2.05) is 23.1 Å². The zero-order valence-corrected chi connectivity index (χ0v) is 15.1. The van der Waals surface area contributed by atoms with Crippen LogP contribution in [0.5, 0.6) is 0 Å². The number of nitrogens with zero attached hydrogens (tertiary/aromatic N) is 1. The Balaban J connectivity index is 3.00. The third kappa shape index (κ3) is 5.27. The minimum Gasteiger partial charge on any atom is -0.338 e. The van der Waals surface area contributed by atoms with Gasteiger partial charge in [0.25, 0.3) is 5.91 Å². The van der Waals surface area contributed by atoms with Gasteiger partial charge in [-0.3, -0.25) is 4.79 Å². The summed E-state index contributed by atoms with van der Waals surface area (Å²) >= 11 is 6.89. The quantitative estimate of drug-likeness (QED) is 0.695. The van der Waals surface area contributed by atoms with E-state index in [4.69, 9.17) is 0 Å². The fraction of sp³-hybridized carbons (Fsp3) is 0.533. The Kier molecular flexibility index (Phi) is 6.54. The first kappa shape index (κ1) is 16.7. The third-order valence-corrected chi connectivity index (χ3v) is 3.80. The summed E-state index contributed by atoms with van der Waals surface area (Å²) in [6.45, 7) is 10.1. The normalized spacial score (nSPS) is 11.2. The molecule has 19 heavy (non-hydrogen) atoms. The van der Waals surface area contributed by atoms with Crippen molar-refractivity contribution in [1.29, 1.82) is 0 Å². The second kappa shape index (κ2) is 7.44. The monoisotopic (exact) mass is 389 g/mol. The second-order valence-corrected chi connectivity index (χ2v) is 7.39. The summed E-state index contributed by atoms with van der Waals surface area (Å²) in [7, 11) is 0. The molecule has 0 aromatic heterocycles. The molecule has 106 valence electrons. The highest BCUT2D eigenvalue weighted by Gasteiger charge is 2.20. The minimum atomic E-state index is 0.0931. The summed E-state index contributed by atoms with van der Waals surface area (Å²) in [6, 6.07) is 5.70. The number of carbonyl (C=O) groups excluding carboxylic acids is 1. The summed E-state index contributed by atoms with van der Waals surface area (Å²) in [5.74, 6) is 1.03. The van der Waals surface area contributed by atoms with Crippen LogP contribution in [0.4, 0.5) is 0 Å². The lowest BCUT2D eigenvalue weighted by Crippen LogP contribution is -2.37. The second-order valence-electron chi connectivity index (χ2n) is 5.62. The van der Waals surface area contributed by atoms with E-state index in [-0.39, 0.29) is 5.91 Å². The van der Waals surface area contributed by atoms with E-state index in [1.54, 1.807) is 0 Å². The van der Waals surface area contributed by atoms with Gasteiger partial charge >= 0.3 is 0 Å². The summed E-state index contributed by atoms with van der Waals surface area (Å²) < 4.78 is 1.77. The van der Waals surface area contributed by atoms with Gasteiger partial charge in [-0.1, -0.05) is 43.6 Å². The van der Waals surface area contributed by atoms with Crippen LogP contribution in [0, 0.1) is 11.8 Å². The van der Waals surface area contributed by atoms with E-state index in [9.17, 15) is 4.79 Å². The van der Waals surface area contributed by atoms with Crippen LogP contribution in [0.15, 0.2) is 27.1 Å². The Hall–Kier alpha value is -0.350. The maximum atomic E-state index is 12.7. The molecule has 0 bridgehead atoms. The average Bonchev–Trinajstić information content (AvgIpc) is 2.29. The smallest absolute Gasteiger partial charge is 0.255 e. The van der Waals surface area contributed by atoms with E-state index < -0.39 is 0 Å². The topological polar surface area (TPSA) is 20.3 Å². The molecule has 0 fully saturated rings. The summed E-state index contributed by atoms with van der Waals surface area (Å²) in [4.78, 5) is 14.6. The Morgan fingerprint density at radius 3 is 2.11 bits per heavy atom. The Morgan fingerprint density at radius 2 is 1.63 bits per heavy atom. The standard InChI is InChI=1S/C15H21Br2NO/c1-10(2)8-18(9-11(3)4)15(19)13-7-12(16)5-6-14(13)17/h5-7,10-11H,8-9H2,1-4H3. The van der Waals surface area contributed by atoms with Crippen LogP contribution in [0.25, 0.3) is 0 Å². The van der Waals surface area contributed by atoms with Crippen molar-refractivity contribution in [3.8, 4) is 0 Å². The number of hydrogen-bond donors (Lipinski definition) is 0. The van der Waals surface area contributed by atoms with Crippen molar-refractivity contribution in [2.24, 2.45) is 11.8 Å². The van der Waals surface area contributed by atoms with Gasteiger partial charge in [0.15, 0.2) is 0 Å². The molecular weight excluding hydrogens is 370 g/mol. The van der Waals surface area contributed by atoms with Gasteiger partial charge in [-0.2, -0.15) is 0 Å². The van der Waals surface area contributed by atoms with Gasteiger partial charge in [0, 0.05) is 22.0 Å². The molecule has 1 rings (SSSR count). The van der Waals surface area contributed by atoms with E-state index in [0.29, 0.717) is 11.8 Å². The van der Waals surface area contributed by atoms with Crippen molar-refractivity contribution >= 4 is 37.8 Å². The predicted molar refractivity (Wildman–Crippen MR) is 87.4 cm³/mol.